The minimum Gasteiger partial charge on any atom is -0.331 e. The van der Waals surface area contributed by atoms with E-state index in [0.717, 1.165) is 42.1 Å². The van der Waals surface area contributed by atoms with Crippen molar-refractivity contribution < 1.29 is 9.59 Å². The summed E-state index contributed by atoms with van der Waals surface area (Å²) in [6, 6.07) is 7.94. The Morgan fingerprint density at radius 1 is 1.25 bits per heavy atom. The van der Waals surface area contributed by atoms with Crippen LogP contribution >= 0.6 is 11.8 Å². The third kappa shape index (κ3) is 4.23. The average Bonchev–Trinajstić information content (AvgIpc) is 3.40. The molecule has 1 aliphatic carbocycles. The Morgan fingerprint density at radius 2 is 1.96 bits per heavy atom. The van der Waals surface area contributed by atoms with Gasteiger partial charge in [0, 0.05) is 35.7 Å². The molecule has 6 heteroatoms. The number of nitrogens with zero attached hydrogens (tertiary/aromatic N) is 1. The molecule has 5 nitrogen and oxygen atoms in total. The van der Waals surface area contributed by atoms with Gasteiger partial charge in [-0.25, -0.2) is 4.79 Å². The van der Waals surface area contributed by atoms with Gasteiger partial charge in [-0.2, -0.15) is 11.8 Å². The van der Waals surface area contributed by atoms with Crippen molar-refractivity contribution in [2.24, 2.45) is 5.92 Å². The molecule has 0 radical (unpaired) electrons. The Labute approximate surface area is 147 Å². The summed E-state index contributed by atoms with van der Waals surface area (Å²) >= 11 is 1.90. The fourth-order valence-corrected chi connectivity index (χ4v) is 3.84. The van der Waals surface area contributed by atoms with E-state index in [1.807, 2.05) is 47.9 Å². The SMILES string of the molecule is C[C@H](NC(=O)N1CCSC[C@@H]1C)c1ccc(NC(=O)C2CC2)cc1. The monoisotopic (exact) mass is 347 g/mol. The van der Waals surface area contributed by atoms with E-state index < -0.39 is 0 Å². The van der Waals surface area contributed by atoms with Gasteiger partial charge in [-0.1, -0.05) is 12.1 Å². The zero-order valence-corrected chi connectivity index (χ0v) is 15.1. The molecule has 24 heavy (non-hydrogen) atoms. The fraction of sp³-hybridized carbons (Fsp3) is 0.556. The van der Waals surface area contributed by atoms with E-state index in [1.54, 1.807) is 0 Å². The van der Waals surface area contributed by atoms with Crippen molar-refractivity contribution in [3.8, 4) is 0 Å². The quantitative estimate of drug-likeness (QED) is 0.879. The number of thioether (sulfide) groups is 1. The van der Waals surface area contributed by atoms with E-state index in [4.69, 9.17) is 0 Å². The second-order valence-corrected chi connectivity index (χ2v) is 7.82. The highest BCUT2D eigenvalue weighted by molar-refractivity contribution is 7.99. The standard InChI is InChI=1S/C18H25N3O2S/c1-12-11-24-10-9-21(12)18(23)19-13(2)14-5-7-16(8-6-14)20-17(22)15-3-4-15/h5-8,12-13,15H,3-4,9-11H2,1-2H3,(H,19,23)(H,20,22)/t12-,13-/m0/s1. The third-order valence-electron chi connectivity index (χ3n) is 4.59. The van der Waals surface area contributed by atoms with Crippen LogP contribution in [0.2, 0.25) is 0 Å². The molecular weight excluding hydrogens is 322 g/mol. The van der Waals surface area contributed by atoms with E-state index in [9.17, 15) is 9.59 Å². The van der Waals surface area contributed by atoms with E-state index in [0.29, 0.717) is 0 Å². The maximum Gasteiger partial charge on any atom is 0.318 e. The molecule has 2 aliphatic rings. The first-order valence-corrected chi connectivity index (χ1v) is 9.76. The zero-order valence-electron chi connectivity index (χ0n) is 14.2. The molecule has 0 bridgehead atoms. The van der Waals surface area contributed by atoms with Crippen LogP contribution in [-0.2, 0) is 4.79 Å². The van der Waals surface area contributed by atoms with Crippen LogP contribution in [0.4, 0.5) is 10.5 Å². The lowest BCUT2D eigenvalue weighted by Crippen LogP contribution is -2.49. The summed E-state index contributed by atoms with van der Waals surface area (Å²) in [7, 11) is 0. The van der Waals surface area contributed by atoms with Crippen LogP contribution in [0.3, 0.4) is 0 Å². The van der Waals surface area contributed by atoms with Crippen LogP contribution < -0.4 is 10.6 Å². The van der Waals surface area contributed by atoms with Crippen LogP contribution in [0.5, 0.6) is 0 Å². The lowest BCUT2D eigenvalue weighted by molar-refractivity contribution is -0.117. The third-order valence-corrected chi connectivity index (χ3v) is 5.78. The molecule has 1 heterocycles. The predicted molar refractivity (Wildman–Crippen MR) is 98.2 cm³/mol. The average molecular weight is 347 g/mol. The van der Waals surface area contributed by atoms with Crippen LogP contribution in [-0.4, -0.2) is 40.9 Å². The van der Waals surface area contributed by atoms with Crippen LogP contribution in [0.15, 0.2) is 24.3 Å². The van der Waals surface area contributed by atoms with Gasteiger partial charge in [-0.3, -0.25) is 4.79 Å². The highest BCUT2D eigenvalue weighted by Crippen LogP contribution is 2.30. The number of amides is 3. The minimum absolute atomic E-state index is 0.00131. The number of rotatable bonds is 4. The van der Waals surface area contributed by atoms with Gasteiger partial charge in [0.25, 0.3) is 0 Å². The number of hydrogen-bond acceptors (Lipinski definition) is 3. The van der Waals surface area contributed by atoms with Gasteiger partial charge in [0.2, 0.25) is 5.91 Å². The molecule has 0 aromatic heterocycles. The molecule has 1 aliphatic heterocycles. The largest absolute Gasteiger partial charge is 0.331 e. The van der Waals surface area contributed by atoms with Crippen molar-refractivity contribution in [1.29, 1.82) is 0 Å². The zero-order chi connectivity index (χ0) is 17.1. The van der Waals surface area contributed by atoms with Gasteiger partial charge in [-0.15, -0.1) is 0 Å². The van der Waals surface area contributed by atoms with E-state index >= 15 is 0 Å². The molecule has 2 atom stereocenters. The van der Waals surface area contributed by atoms with Gasteiger partial charge in [0.15, 0.2) is 0 Å². The maximum atomic E-state index is 12.4. The molecule has 3 amide bonds. The highest BCUT2D eigenvalue weighted by Gasteiger charge is 2.29. The number of nitrogens with one attached hydrogen (secondary N) is 2. The van der Waals surface area contributed by atoms with Gasteiger partial charge >= 0.3 is 6.03 Å². The first-order chi connectivity index (χ1) is 11.5. The molecule has 1 aromatic carbocycles. The Balaban J connectivity index is 1.55. The number of hydrogen-bond donors (Lipinski definition) is 2. The van der Waals surface area contributed by atoms with Crippen molar-refractivity contribution in [1.82, 2.24) is 10.2 Å². The number of urea groups is 1. The smallest absolute Gasteiger partial charge is 0.318 e. The molecule has 2 N–H and O–H groups in total. The highest BCUT2D eigenvalue weighted by atomic mass is 32.2. The molecule has 1 saturated carbocycles. The first kappa shape index (κ1) is 17.1. The maximum absolute atomic E-state index is 12.4. The first-order valence-electron chi connectivity index (χ1n) is 8.60. The second-order valence-electron chi connectivity index (χ2n) is 6.67. The summed E-state index contributed by atoms with van der Waals surface area (Å²) in [6.07, 6.45) is 2.00. The summed E-state index contributed by atoms with van der Waals surface area (Å²) in [5.74, 6) is 2.31. The van der Waals surface area contributed by atoms with Crippen molar-refractivity contribution in [3.63, 3.8) is 0 Å². The number of carbonyl (C=O) groups excluding carboxylic acids is 2. The normalized spacial score (nSPS) is 21.9. The molecule has 2 fully saturated rings. The van der Waals surface area contributed by atoms with Gasteiger partial charge in [0.05, 0.1) is 6.04 Å². The summed E-state index contributed by atoms with van der Waals surface area (Å²) in [5, 5.41) is 6.01. The topological polar surface area (TPSA) is 61.4 Å². The van der Waals surface area contributed by atoms with Crippen LogP contribution in [0, 0.1) is 5.92 Å². The second kappa shape index (κ2) is 7.47. The van der Waals surface area contributed by atoms with E-state index in [2.05, 4.69) is 17.6 Å². The van der Waals surface area contributed by atoms with Gasteiger partial charge < -0.3 is 15.5 Å². The molecule has 130 valence electrons. The van der Waals surface area contributed by atoms with Gasteiger partial charge in [-0.05, 0) is 44.4 Å². The number of anilines is 1. The van der Waals surface area contributed by atoms with Crippen LogP contribution in [0.1, 0.15) is 38.3 Å². The van der Waals surface area contributed by atoms with Crippen molar-refractivity contribution in [2.75, 3.05) is 23.4 Å². The van der Waals surface area contributed by atoms with E-state index in [-0.39, 0.29) is 29.9 Å². The predicted octanol–water partition coefficient (Wildman–Crippen LogP) is 3.24. The molecule has 0 spiro atoms. The Bertz CT molecular complexity index is 601. The van der Waals surface area contributed by atoms with Gasteiger partial charge in [0.1, 0.15) is 0 Å². The van der Waals surface area contributed by atoms with E-state index in [1.165, 1.54) is 0 Å². The minimum atomic E-state index is -0.0625. The fourth-order valence-electron chi connectivity index (χ4n) is 2.83. The Morgan fingerprint density at radius 3 is 2.58 bits per heavy atom. The lowest BCUT2D eigenvalue weighted by atomic mass is 10.1. The van der Waals surface area contributed by atoms with Crippen molar-refractivity contribution >= 4 is 29.4 Å². The summed E-state index contributed by atoms with van der Waals surface area (Å²) in [6.45, 7) is 4.88. The Hall–Kier alpha value is -1.69. The number of benzene rings is 1. The van der Waals surface area contributed by atoms with Crippen LogP contribution in [0.25, 0.3) is 0 Å². The molecule has 1 aromatic rings. The number of carbonyl (C=O) groups is 2. The molecule has 3 rings (SSSR count). The Kier molecular flexibility index (Phi) is 5.33. The molecular formula is C18H25N3O2S. The lowest BCUT2D eigenvalue weighted by Gasteiger charge is -2.34. The molecule has 0 unspecified atom stereocenters. The summed E-state index contributed by atoms with van der Waals surface area (Å²) in [4.78, 5) is 26.1. The summed E-state index contributed by atoms with van der Waals surface area (Å²) < 4.78 is 0. The summed E-state index contributed by atoms with van der Waals surface area (Å²) in [5.41, 5.74) is 1.85. The van der Waals surface area contributed by atoms with Crippen molar-refractivity contribution in [2.45, 2.75) is 38.8 Å². The molecule has 1 saturated heterocycles. The van der Waals surface area contributed by atoms with Crippen molar-refractivity contribution in [3.05, 3.63) is 29.8 Å².